The molecule has 43 heavy (non-hydrogen) atoms. The number of carbonyl (C=O) groups is 1. The van der Waals surface area contributed by atoms with Crippen LogP contribution in [0.1, 0.15) is 72.2 Å². The number of fused-ring (bicyclic) bond motifs is 2. The molecule has 3 aromatic carbocycles. The van der Waals surface area contributed by atoms with E-state index in [1.54, 1.807) is 0 Å². The first kappa shape index (κ1) is 29.5. The van der Waals surface area contributed by atoms with Crippen LogP contribution in [0.3, 0.4) is 0 Å². The van der Waals surface area contributed by atoms with E-state index >= 15 is 0 Å². The van der Waals surface area contributed by atoms with E-state index in [0.717, 1.165) is 53.3 Å². The molecule has 2 unspecified atom stereocenters. The molecule has 2 fully saturated rings. The molecular weight excluding hydrogens is 557 g/mol. The van der Waals surface area contributed by atoms with Gasteiger partial charge in [-0.1, -0.05) is 75.4 Å². The Morgan fingerprint density at radius 1 is 0.930 bits per heavy atom. The molecule has 0 spiro atoms. The number of benzene rings is 3. The lowest BCUT2D eigenvalue weighted by atomic mass is 9.65. The number of halogens is 1. The zero-order valence-electron chi connectivity index (χ0n) is 25.3. The SMILES string of the molecule is CC1(C)CC2CC(C)(CN2C(=O)c2csc(CN(Cc3ccc(F)cc3)Cc3ccc(OCc4ccccc4)cc3)n2)C1. The Morgan fingerprint density at radius 3 is 2.30 bits per heavy atom. The van der Waals surface area contributed by atoms with Crippen LogP contribution in [-0.4, -0.2) is 33.3 Å². The van der Waals surface area contributed by atoms with Crippen LogP contribution in [0.4, 0.5) is 4.39 Å². The first-order valence-corrected chi connectivity index (χ1v) is 16.0. The minimum Gasteiger partial charge on any atom is -0.489 e. The molecule has 2 aliphatic rings. The van der Waals surface area contributed by atoms with Crippen LogP contribution in [-0.2, 0) is 26.2 Å². The molecular formula is C36H40FN3O2S. The first-order valence-electron chi connectivity index (χ1n) is 15.1. The normalized spacial score (nSPS) is 20.9. The third kappa shape index (κ3) is 7.34. The highest BCUT2D eigenvalue weighted by atomic mass is 32.1. The molecule has 1 saturated heterocycles. The zero-order valence-corrected chi connectivity index (χ0v) is 26.1. The van der Waals surface area contributed by atoms with Crippen LogP contribution in [0.25, 0.3) is 0 Å². The fourth-order valence-electron chi connectivity index (χ4n) is 7.22. The summed E-state index contributed by atoms with van der Waals surface area (Å²) >= 11 is 1.54. The number of rotatable bonds is 10. The molecule has 7 heteroatoms. The summed E-state index contributed by atoms with van der Waals surface area (Å²) in [7, 11) is 0. The van der Waals surface area contributed by atoms with Crippen LogP contribution in [0.15, 0.2) is 84.2 Å². The predicted octanol–water partition coefficient (Wildman–Crippen LogP) is 8.10. The molecule has 1 aromatic heterocycles. The molecule has 0 N–H and O–H groups in total. The van der Waals surface area contributed by atoms with E-state index in [1.807, 2.05) is 47.8 Å². The Kier molecular flexibility index (Phi) is 8.38. The summed E-state index contributed by atoms with van der Waals surface area (Å²) < 4.78 is 19.6. The number of hydrogen-bond acceptors (Lipinski definition) is 5. The Labute approximate surface area is 258 Å². The molecule has 4 aromatic rings. The lowest BCUT2D eigenvalue weighted by molar-refractivity contribution is 0.0702. The highest BCUT2D eigenvalue weighted by Crippen LogP contribution is 2.52. The third-order valence-corrected chi connectivity index (χ3v) is 9.54. The monoisotopic (exact) mass is 597 g/mol. The maximum atomic E-state index is 13.6. The van der Waals surface area contributed by atoms with E-state index in [4.69, 9.17) is 9.72 Å². The van der Waals surface area contributed by atoms with Gasteiger partial charge in [0.05, 0.1) is 6.54 Å². The summed E-state index contributed by atoms with van der Waals surface area (Å²) in [6.45, 7) is 10.2. The molecule has 224 valence electrons. The summed E-state index contributed by atoms with van der Waals surface area (Å²) in [5.74, 6) is 0.641. The quantitative estimate of drug-likeness (QED) is 0.185. The van der Waals surface area contributed by atoms with Gasteiger partial charge in [0.25, 0.3) is 5.91 Å². The van der Waals surface area contributed by atoms with Gasteiger partial charge in [-0.3, -0.25) is 9.69 Å². The average Bonchev–Trinajstić information content (AvgIpc) is 3.54. The first-order chi connectivity index (χ1) is 20.6. The van der Waals surface area contributed by atoms with Crippen molar-refractivity contribution < 1.29 is 13.9 Å². The summed E-state index contributed by atoms with van der Waals surface area (Å²) in [6, 6.07) is 25.2. The Morgan fingerprint density at radius 2 is 1.60 bits per heavy atom. The van der Waals surface area contributed by atoms with Crippen LogP contribution < -0.4 is 4.74 Å². The molecule has 0 radical (unpaired) electrons. The number of hydrogen-bond donors (Lipinski definition) is 0. The molecule has 1 aliphatic carbocycles. The summed E-state index contributed by atoms with van der Waals surface area (Å²) in [6.07, 6.45) is 3.29. The molecule has 2 heterocycles. The number of amides is 1. The number of thiazole rings is 1. The van der Waals surface area contributed by atoms with Crippen molar-refractivity contribution in [3.8, 4) is 5.75 Å². The van der Waals surface area contributed by atoms with Gasteiger partial charge in [-0.2, -0.15) is 0 Å². The number of ether oxygens (including phenoxy) is 1. The number of likely N-dealkylation sites (tertiary alicyclic amines) is 1. The summed E-state index contributed by atoms with van der Waals surface area (Å²) in [5.41, 5.74) is 4.29. The predicted molar refractivity (Wildman–Crippen MR) is 169 cm³/mol. The van der Waals surface area contributed by atoms with Crippen molar-refractivity contribution in [1.29, 1.82) is 0 Å². The highest BCUT2D eigenvalue weighted by molar-refractivity contribution is 7.09. The maximum Gasteiger partial charge on any atom is 0.273 e. The smallest absolute Gasteiger partial charge is 0.273 e. The second-order valence-electron chi connectivity index (χ2n) is 13.5. The Hall–Kier alpha value is -3.55. The van der Waals surface area contributed by atoms with Gasteiger partial charge >= 0.3 is 0 Å². The Bertz CT molecular complexity index is 1540. The van der Waals surface area contributed by atoms with Crippen LogP contribution >= 0.6 is 11.3 Å². The largest absolute Gasteiger partial charge is 0.489 e. The Balaban J connectivity index is 1.14. The van der Waals surface area contributed by atoms with E-state index in [2.05, 4.69) is 54.8 Å². The van der Waals surface area contributed by atoms with Gasteiger partial charge in [0, 0.05) is 31.1 Å². The standard InChI is InChI=1S/C36H40FN3O2S/c1-35(2)17-30-18-36(3,24-35)25-40(30)34(41)32-23-43-33(38-32)21-39(19-26-9-13-29(37)14-10-26)20-27-11-15-31(16-12-27)42-22-28-7-5-4-6-8-28/h4-16,23,30H,17-22,24-25H2,1-3H3. The second kappa shape index (κ2) is 12.2. The number of nitrogens with zero attached hydrogens (tertiary/aromatic N) is 3. The second-order valence-corrected chi connectivity index (χ2v) is 14.4. The molecule has 1 amide bonds. The van der Waals surface area contributed by atoms with Crippen molar-refractivity contribution in [1.82, 2.24) is 14.8 Å². The van der Waals surface area contributed by atoms with Crippen LogP contribution in [0.2, 0.25) is 0 Å². The van der Waals surface area contributed by atoms with Gasteiger partial charge in [0.1, 0.15) is 28.9 Å². The van der Waals surface area contributed by atoms with Gasteiger partial charge in [-0.15, -0.1) is 11.3 Å². The van der Waals surface area contributed by atoms with Crippen LogP contribution in [0.5, 0.6) is 5.75 Å². The minimum atomic E-state index is -0.242. The fraction of sp³-hybridized carbons (Fsp3) is 0.389. The van der Waals surface area contributed by atoms with Crippen molar-refractivity contribution in [3.05, 3.63) is 117 Å². The maximum absolute atomic E-state index is 13.6. The van der Waals surface area contributed by atoms with E-state index in [9.17, 15) is 9.18 Å². The van der Waals surface area contributed by atoms with Crippen molar-refractivity contribution in [2.45, 2.75) is 72.3 Å². The van der Waals surface area contributed by atoms with E-state index in [1.165, 1.54) is 23.5 Å². The summed E-state index contributed by atoms with van der Waals surface area (Å²) in [4.78, 5) is 22.9. The topological polar surface area (TPSA) is 45.7 Å². The molecule has 1 aliphatic heterocycles. The van der Waals surface area contributed by atoms with Crippen LogP contribution in [0, 0.1) is 16.6 Å². The van der Waals surface area contributed by atoms with E-state index < -0.39 is 0 Å². The van der Waals surface area contributed by atoms with E-state index in [-0.39, 0.29) is 22.6 Å². The van der Waals surface area contributed by atoms with Crippen molar-refractivity contribution in [2.24, 2.45) is 10.8 Å². The average molecular weight is 598 g/mol. The molecule has 2 atom stereocenters. The lowest BCUT2D eigenvalue weighted by Gasteiger charge is -2.39. The fourth-order valence-corrected chi connectivity index (χ4v) is 8.03. The van der Waals surface area contributed by atoms with Crippen molar-refractivity contribution >= 4 is 17.2 Å². The van der Waals surface area contributed by atoms with Crippen molar-refractivity contribution in [2.75, 3.05) is 6.54 Å². The minimum absolute atomic E-state index is 0.0603. The summed E-state index contributed by atoms with van der Waals surface area (Å²) in [5, 5.41) is 2.82. The molecule has 1 saturated carbocycles. The zero-order chi connectivity index (χ0) is 30.0. The highest BCUT2D eigenvalue weighted by Gasteiger charge is 2.51. The van der Waals surface area contributed by atoms with Gasteiger partial charge in [-0.05, 0) is 71.0 Å². The van der Waals surface area contributed by atoms with Gasteiger partial charge in [0.15, 0.2) is 0 Å². The van der Waals surface area contributed by atoms with Crippen molar-refractivity contribution in [3.63, 3.8) is 0 Å². The number of carbonyl (C=O) groups excluding carboxylic acids is 1. The van der Waals surface area contributed by atoms with Gasteiger partial charge < -0.3 is 9.64 Å². The van der Waals surface area contributed by atoms with E-state index in [0.29, 0.717) is 38.0 Å². The van der Waals surface area contributed by atoms with Gasteiger partial charge in [-0.25, -0.2) is 9.37 Å². The molecule has 5 nitrogen and oxygen atoms in total. The molecule has 6 rings (SSSR count). The lowest BCUT2D eigenvalue weighted by Crippen LogP contribution is -2.37. The number of aromatic nitrogens is 1. The van der Waals surface area contributed by atoms with Gasteiger partial charge in [0.2, 0.25) is 0 Å². The molecule has 2 bridgehead atoms. The third-order valence-electron chi connectivity index (χ3n) is 8.70.